The lowest BCUT2D eigenvalue weighted by molar-refractivity contribution is -0.120. The number of benzene rings is 2. The number of fused-ring (bicyclic) bond motifs is 1. The number of carbonyl (C=O) groups excluding carboxylic acids is 2. The van der Waals surface area contributed by atoms with E-state index in [0.29, 0.717) is 41.1 Å². The van der Waals surface area contributed by atoms with Crippen LogP contribution in [-0.2, 0) is 9.59 Å². The zero-order chi connectivity index (χ0) is 31.5. The quantitative estimate of drug-likeness (QED) is 0.238. The summed E-state index contributed by atoms with van der Waals surface area (Å²) in [5.41, 5.74) is 3.68. The number of anilines is 3. The lowest BCUT2D eigenvalue weighted by Gasteiger charge is -2.34. The fraction of sp³-hybridized carbons (Fsp3) is 0.250. The minimum absolute atomic E-state index is 0.106. The van der Waals surface area contributed by atoms with Gasteiger partial charge < -0.3 is 20.3 Å². The molecule has 4 heterocycles. The third-order valence-corrected chi connectivity index (χ3v) is 7.72. The fourth-order valence-electron chi connectivity index (χ4n) is 5.28. The third kappa shape index (κ3) is 6.59. The van der Waals surface area contributed by atoms with Crippen molar-refractivity contribution in [3.05, 3.63) is 90.3 Å². The highest BCUT2D eigenvalue weighted by Crippen LogP contribution is 2.32. The number of alkyl halides is 1. The molecule has 0 bridgehead atoms. The SMILES string of the molecule is CCN1CCC(Nc2cc3nccc(Oc4ccc(NC(=O)C5=CCNN(c6ccc(F)cc6)C5=O)cc4F)c3cn2)C(F)C1. The molecule has 0 radical (unpaired) electrons. The molecule has 2 atom stereocenters. The number of rotatable bonds is 8. The van der Waals surface area contributed by atoms with Crippen molar-refractivity contribution in [2.45, 2.75) is 25.6 Å². The molecule has 10 nitrogen and oxygen atoms in total. The van der Waals surface area contributed by atoms with Crippen LogP contribution in [0.4, 0.5) is 30.4 Å². The van der Waals surface area contributed by atoms with Gasteiger partial charge >= 0.3 is 0 Å². The van der Waals surface area contributed by atoms with Gasteiger partial charge in [0.2, 0.25) is 0 Å². The molecule has 1 fully saturated rings. The molecule has 0 aliphatic carbocycles. The molecule has 2 unspecified atom stereocenters. The number of ether oxygens (including phenoxy) is 1. The molecular weight excluding hydrogens is 587 g/mol. The van der Waals surface area contributed by atoms with Crippen LogP contribution in [0.5, 0.6) is 11.5 Å². The Hall–Kier alpha value is -5.01. The Bertz CT molecular complexity index is 1770. The van der Waals surface area contributed by atoms with Crippen LogP contribution in [0, 0.1) is 11.6 Å². The number of piperidine rings is 1. The summed E-state index contributed by atoms with van der Waals surface area (Å²) in [5.74, 6) is -1.90. The maximum Gasteiger partial charge on any atom is 0.277 e. The van der Waals surface area contributed by atoms with E-state index in [-0.39, 0.29) is 29.6 Å². The summed E-state index contributed by atoms with van der Waals surface area (Å²) in [7, 11) is 0. The lowest BCUT2D eigenvalue weighted by atomic mass is 10.0. The molecule has 3 N–H and O–H groups in total. The molecular formula is C32H30F3N7O3. The number of amides is 2. The van der Waals surface area contributed by atoms with Crippen LogP contribution in [0.2, 0.25) is 0 Å². The number of hydrogen-bond acceptors (Lipinski definition) is 8. The van der Waals surface area contributed by atoms with Gasteiger partial charge in [0.05, 0.1) is 22.6 Å². The first kappa shape index (κ1) is 30.0. The summed E-state index contributed by atoms with van der Waals surface area (Å²) in [4.78, 5) is 36.7. The van der Waals surface area contributed by atoms with Gasteiger partial charge in [-0.1, -0.05) is 13.0 Å². The first-order valence-electron chi connectivity index (χ1n) is 14.5. The maximum absolute atomic E-state index is 15.1. The van der Waals surface area contributed by atoms with Crippen molar-refractivity contribution in [1.82, 2.24) is 20.3 Å². The Kier molecular flexibility index (Phi) is 8.62. The van der Waals surface area contributed by atoms with Crippen molar-refractivity contribution in [2.75, 3.05) is 41.8 Å². The summed E-state index contributed by atoms with van der Waals surface area (Å²) in [6.07, 6.45) is 4.10. The largest absolute Gasteiger partial charge is 0.453 e. The van der Waals surface area contributed by atoms with E-state index in [1.165, 1.54) is 48.7 Å². The summed E-state index contributed by atoms with van der Waals surface area (Å²) >= 11 is 0. The molecule has 0 spiro atoms. The van der Waals surface area contributed by atoms with Crippen LogP contribution >= 0.6 is 0 Å². The van der Waals surface area contributed by atoms with Crippen molar-refractivity contribution in [2.24, 2.45) is 0 Å². The second-order valence-electron chi connectivity index (χ2n) is 10.6. The standard InChI is InChI=1S/C32H30F3N7O3/c1-2-41-14-11-26(25(35)18-41)40-30-16-27-23(17-37-30)28(10-12-36-27)45-29-8-5-20(15-24(29)34)39-31(43)22-9-13-38-42(32(22)44)21-6-3-19(33)4-7-21/h3-10,12,15-17,25-26,38H,2,11,13-14,18H2,1H3,(H,37,40)(H,39,43). The van der Waals surface area contributed by atoms with E-state index in [2.05, 4.69) is 30.9 Å². The summed E-state index contributed by atoms with van der Waals surface area (Å²) in [6, 6.07) is 12.0. The average Bonchev–Trinajstić information content (AvgIpc) is 3.04. The minimum Gasteiger partial charge on any atom is -0.453 e. The van der Waals surface area contributed by atoms with E-state index in [0.717, 1.165) is 24.2 Å². The van der Waals surface area contributed by atoms with E-state index in [9.17, 15) is 18.4 Å². The highest BCUT2D eigenvalue weighted by Gasteiger charge is 2.30. The second kappa shape index (κ2) is 12.9. The van der Waals surface area contributed by atoms with Crippen LogP contribution in [0.25, 0.3) is 10.9 Å². The van der Waals surface area contributed by atoms with Crippen molar-refractivity contribution in [3.63, 3.8) is 0 Å². The van der Waals surface area contributed by atoms with Gasteiger partial charge in [-0.3, -0.25) is 14.6 Å². The number of pyridine rings is 2. The number of hydrazine groups is 1. The molecule has 2 aliphatic heterocycles. The highest BCUT2D eigenvalue weighted by molar-refractivity contribution is 6.27. The molecule has 1 saturated heterocycles. The van der Waals surface area contributed by atoms with Gasteiger partial charge in [-0.25, -0.2) is 28.6 Å². The molecule has 232 valence electrons. The zero-order valence-corrected chi connectivity index (χ0v) is 24.3. The van der Waals surface area contributed by atoms with E-state index in [1.807, 2.05) is 6.92 Å². The number of aromatic nitrogens is 2. The molecule has 2 amide bonds. The van der Waals surface area contributed by atoms with Gasteiger partial charge in [0, 0.05) is 49.8 Å². The maximum atomic E-state index is 15.1. The molecule has 13 heteroatoms. The summed E-state index contributed by atoms with van der Waals surface area (Å²) < 4.78 is 49.0. The molecule has 2 aliphatic rings. The molecule has 2 aromatic carbocycles. The fourth-order valence-corrected chi connectivity index (χ4v) is 5.28. The molecule has 4 aromatic rings. The van der Waals surface area contributed by atoms with E-state index < -0.39 is 29.6 Å². The zero-order valence-electron chi connectivity index (χ0n) is 24.3. The smallest absolute Gasteiger partial charge is 0.277 e. The van der Waals surface area contributed by atoms with Gasteiger partial charge in [0.25, 0.3) is 11.8 Å². The topological polar surface area (TPSA) is 112 Å². The number of halogens is 3. The van der Waals surface area contributed by atoms with Gasteiger partial charge in [-0.05, 0) is 55.4 Å². The number of likely N-dealkylation sites (tertiary alicyclic amines) is 1. The van der Waals surface area contributed by atoms with Crippen LogP contribution in [-0.4, -0.2) is 65.1 Å². The minimum atomic E-state index is -1.03. The average molecular weight is 618 g/mol. The van der Waals surface area contributed by atoms with E-state index in [4.69, 9.17) is 4.74 Å². The highest BCUT2D eigenvalue weighted by atomic mass is 19.1. The van der Waals surface area contributed by atoms with Crippen LogP contribution in [0.3, 0.4) is 0 Å². The Morgan fingerprint density at radius 1 is 1.09 bits per heavy atom. The first-order chi connectivity index (χ1) is 21.8. The van der Waals surface area contributed by atoms with Gasteiger partial charge in [0.1, 0.15) is 29.1 Å². The first-order valence-corrected chi connectivity index (χ1v) is 14.5. The predicted octanol–water partition coefficient (Wildman–Crippen LogP) is 4.96. The second-order valence-corrected chi connectivity index (χ2v) is 10.6. The van der Waals surface area contributed by atoms with Crippen LogP contribution in [0.15, 0.2) is 78.6 Å². The third-order valence-electron chi connectivity index (χ3n) is 7.72. The van der Waals surface area contributed by atoms with Gasteiger partial charge in [0.15, 0.2) is 11.6 Å². The molecule has 45 heavy (non-hydrogen) atoms. The Labute approximate surface area is 256 Å². The Morgan fingerprint density at radius 3 is 2.67 bits per heavy atom. The van der Waals surface area contributed by atoms with Crippen molar-refractivity contribution in [3.8, 4) is 11.5 Å². The van der Waals surface area contributed by atoms with Crippen molar-refractivity contribution < 1.29 is 27.5 Å². The monoisotopic (exact) mass is 617 g/mol. The predicted molar refractivity (Wildman–Crippen MR) is 164 cm³/mol. The number of nitrogens with one attached hydrogen (secondary N) is 3. The normalized spacial score (nSPS) is 18.9. The van der Waals surface area contributed by atoms with Crippen molar-refractivity contribution in [1.29, 1.82) is 0 Å². The van der Waals surface area contributed by atoms with Crippen molar-refractivity contribution >= 4 is 39.9 Å². The van der Waals surface area contributed by atoms with Gasteiger partial charge in [-0.2, -0.15) is 0 Å². The summed E-state index contributed by atoms with van der Waals surface area (Å²) in [5, 5.41) is 7.38. The molecule has 0 saturated carbocycles. The van der Waals surface area contributed by atoms with Crippen LogP contribution < -0.4 is 25.8 Å². The number of nitrogens with zero attached hydrogens (tertiary/aromatic N) is 4. The summed E-state index contributed by atoms with van der Waals surface area (Å²) in [6.45, 7) is 4.17. The van der Waals surface area contributed by atoms with E-state index in [1.54, 1.807) is 18.3 Å². The van der Waals surface area contributed by atoms with Crippen LogP contribution in [0.1, 0.15) is 13.3 Å². The number of carbonyl (C=O) groups is 2. The number of hydrogen-bond donors (Lipinski definition) is 3. The Balaban J connectivity index is 1.12. The molecule has 6 rings (SSSR count). The molecule has 2 aromatic heterocycles. The van der Waals surface area contributed by atoms with E-state index >= 15 is 4.39 Å². The Morgan fingerprint density at radius 2 is 1.91 bits per heavy atom. The lowest BCUT2D eigenvalue weighted by Crippen LogP contribution is -2.49. The van der Waals surface area contributed by atoms with Gasteiger partial charge in [-0.15, -0.1) is 0 Å².